The monoisotopic (exact) mass is 288 g/mol. The molecule has 2 amide bonds. The van der Waals surface area contributed by atoms with Gasteiger partial charge in [-0.1, -0.05) is 18.2 Å². The first-order chi connectivity index (χ1) is 10.2. The van der Waals surface area contributed by atoms with E-state index in [4.69, 9.17) is 4.74 Å². The van der Waals surface area contributed by atoms with E-state index in [1.165, 1.54) is 0 Å². The van der Waals surface area contributed by atoms with Gasteiger partial charge in [-0.05, 0) is 25.5 Å². The highest BCUT2D eigenvalue weighted by Crippen LogP contribution is 2.40. The number of carbonyl (C=O) groups excluding carboxylic acids is 2. The first kappa shape index (κ1) is 15.1. The predicted molar refractivity (Wildman–Crippen MR) is 81.0 cm³/mol. The van der Waals surface area contributed by atoms with Crippen LogP contribution in [0.2, 0.25) is 0 Å². The normalized spacial score (nSPS) is 19.5. The van der Waals surface area contributed by atoms with Gasteiger partial charge in [0.2, 0.25) is 11.8 Å². The SMILES string of the molecule is C=CCNC(=O)C1CC1C(=O)Nc1ccccc1OCC. The van der Waals surface area contributed by atoms with E-state index in [2.05, 4.69) is 17.2 Å². The number of nitrogens with one attached hydrogen (secondary N) is 2. The van der Waals surface area contributed by atoms with Crippen LogP contribution in [0.1, 0.15) is 13.3 Å². The quantitative estimate of drug-likeness (QED) is 0.754. The van der Waals surface area contributed by atoms with Crippen LogP contribution in [-0.2, 0) is 9.59 Å². The summed E-state index contributed by atoms with van der Waals surface area (Å²) in [6.45, 7) is 6.39. The standard InChI is InChI=1S/C16H20N2O3/c1-3-9-17-15(19)11-10-12(11)16(20)18-13-7-5-6-8-14(13)21-4-2/h3,5-8,11-12H,1,4,9-10H2,2H3,(H,17,19)(H,18,20). The fraction of sp³-hybridized carbons (Fsp3) is 0.375. The van der Waals surface area contributed by atoms with Crippen LogP contribution in [0.4, 0.5) is 5.69 Å². The molecule has 5 nitrogen and oxygen atoms in total. The van der Waals surface area contributed by atoms with Crippen molar-refractivity contribution >= 4 is 17.5 Å². The van der Waals surface area contributed by atoms with E-state index < -0.39 is 0 Å². The number of ether oxygens (including phenoxy) is 1. The molecule has 112 valence electrons. The van der Waals surface area contributed by atoms with Crippen molar-refractivity contribution in [2.75, 3.05) is 18.5 Å². The zero-order valence-electron chi connectivity index (χ0n) is 12.1. The number of amides is 2. The van der Waals surface area contributed by atoms with E-state index in [-0.39, 0.29) is 23.7 Å². The molecule has 1 aromatic rings. The maximum atomic E-state index is 12.2. The number of rotatable bonds is 7. The van der Waals surface area contributed by atoms with Crippen LogP contribution >= 0.6 is 0 Å². The maximum Gasteiger partial charge on any atom is 0.228 e. The molecule has 0 heterocycles. The molecule has 1 saturated carbocycles. The highest BCUT2D eigenvalue weighted by atomic mass is 16.5. The molecule has 1 aliphatic carbocycles. The molecule has 21 heavy (non-hydrogen) atoms. The van der Waals surface area contributed by atoms with Gasteiger partial charge in [-0.3, -0.25) is 9.59 Å². The Balaban J connectivity index is 1.91. The van der Waals surface area contributed by atoms with Gasteiger partial charge in [0.1, 0.15) is 5.75 Å². The van der Waals surface area contributed by atoms with Crippen LogP contribution in [0.5, 0.6) is 5.75 Å². The molecule has 1 aliphatic rings. The third-order valence-electron chi connectivity index (χ3n) is 3.33. The lowest BCUT2D eigenvalue weighted by Gasteiger charge is -2.11. The van der Waals surface area contributed by atoms with Crippen molar-refractivity contribution in [1.82, 2.24) is 5.32 Å². The Labute approximate surface area is 124 Å². The molecular weight excluding hydrogens is 268 g/mol. The smallest absolute Gasteiger partial charge is 0.228 e. The van der Waals surface area contributed by atoms with E-state index >= 15 is 0 Å². The van der Waals surface area contributed by atoms with E-state index in [1.807, 2.05) is 19.1 Å². The van der Waals surface area contributed by atoms with Crippen molar-refractivity contribution in [3.05, 3.63) is 36.9 Å². The van der Waals surface area contributed by atoms with Crippen LogP contribution in [-0.4, -0.2) is 25.0 Å². The lowest BCUT2D eigenvalue weighted by molar-refractivity contribution is -0.125. The summed E-state index contributed by atoms with van der Waals surface area (Å²) in [6, 6.07) is 7.28. The number of hydrogen-bond donors (Lipinski definition) is 2. The van der Waals surface area contributed by atoms with Crippen molar-refractivity contribution < 1.29 is 14.3 Å². The fourth-order valence-electron chi connectivity index (χ4n) is 2.16. The molecule has 0 saturated heterocycles. The minimum absolute atomic E-state index is 0.0897. The molecule has 5 heteroatoms. The number of para-hydroxylation sites is 2. The summed E-state index contributed by atoms with van der Waals surface area (Å²) in [4.78, 5) is 23.9. The molecule has 2 atom stereocenters. The molecule has 0 aromatic heterocycles. The summed E-state index contributed by atoms with van der Waals surface area (Å²) < 4.78 is 5.46. The van der Waals surface area contributed by atoms with Gasteiger partial charge in [-0.15, -0.1) is 6.58 Å². The van der Waals surface area contributed by atoms with E-state index in [1.54, 1.807) is 18.2 Å². The molecule has 0 spiro atoms. The van der Waals surface area contributed by atoms with Gasteiger partial charge >= 0.3 is 0 Å². The Bertz CT molecular complexity index is 542. The zero-order valence-corrected chi connectivity index (χ0v) is 12.1. The van der Waals surface area contributed by atoms with Crippen molar-refractivity contribution in [3.8, 4) is 5.75 Å². The highest BCUT2D eigenvalue weighted by molar-refractivity contribution is 6.00. The summed E-state index contributed by atoms with van der Waals surface area (Å²) >= 11 is 0. The predicted octanol–water partition coefficient (Wildman–Crippen LogP) is 1.96. The summed E-state index contributed by atoms with van der Waals surface area (Å²) in [5.41, 5.74) is 0.640. The molecule has 0 radical (unpaired) electrons. The second-order valence-corrected chi connectivity index (χ2v) is 4.90. The average Bonchev–Trinajstić information content (AvgIpc) is 3.27. The van der Waals surface area contributed by atoms with Gasteiger partial charge in [0.05, 0.1) is 24.1 Å². The molecule has 0 aliphatic heterocycles. The third kappa shape index (κ3) is 3.84. The van der Waals surface area contributed by atoms with Gasteiger partial charge in [0.25, 0.3) is 0 Å². The van der Waals surface area contributed by atoms with Gasteiger partial charge in [0.15, 0.2) is 0 Å². The molecule has 2 rings (SSSR count). The van der Waals surface area contributed by atoms with Crippen LogP contribution in [0.15, 0.2) is 36.9 Å². The molecular formula is C16H20N2O3. The van der Waals surface area contributed by atoms with Crippen molar-refractivity contribution in [2.24, 2.45) is 11.8 Å². The van der Waals surface area contributed by atoms with E-state index in [9.17, 15) is 9.59 Å². The van der Waals surface area contributed by atoms with Crippen molar-refractivity contribution in [2.45, 2.75) is 13.3 Å². The van der Waals surface area contributed by atoms with Crippen LogP contribution in [0, 0.1) is 11.8 Å². The summed E-state index contributed by atoms with van der Waals surface area (Å²) in [6.07, 6.45) is 2.21. The van der Waals surface area contributed by atoms with Crippen LogP contribution in [0.3, 0.4) is 0 Å². The van der Waals surface area contributed by atoms with Crippen molar-refractivity contribution in [1.29, 1.82) is 0 Å². The Morgan fingerprint density at radius 2 is 2.05 bits per heavy atom. The average molecular weight is 288 g/mol. The number of anilines is 1. The minimum atomic E-state index is -0.260. The molecule has 1 aromatic carbocycles. The van der Waals surface area contributed by atoms with E-state index in [0.29, 0.717) is 31.0 Å². The van der Waals surface area contributed by atoms with Gasteiger partial charge in [-0.2, -0.15) is 0 Å². The fourth-order valence-corrected chi connectivity index (χ4v) is 2.16. The van der Waals surface area contributed by atoms with Crippen molar-refractivity contribution in [3.63, 3.8) is 0 Å². The number of hydrogen-bond acceptors (Lipinski definition) is 3. The lowest BCUT2D eigenvalue weighted by Crippen LogP contribution is -2.27. The summed E-state index contributed by atoms with van der Waals surface area (Å²) in [7, 11) is 0. The molecule has 1 fully saturated rings. The maximum absolute atomic E-state index is 12.2. The second kappa shape index (κ2) is 6.92. The first-order valence-electron chi connectivity index (χ1n) is 7.08. The Kier molecular flexibility index (Phi) is 4.98. The highest BCUT2D eigenvalue weighted by Gasteiger charge is 2.47. The topological polar surface area (TPSA) is 67.4 Å². The minimum Gasteiger partial charge on any atom is -0.492 e. The largest absolute Gasteiger partial charge is 0.492 e. The molecule has 0 bridgehead atoms. The van der Waals surface area contributed by atoms with Crippen LogP contribution < -0.4 is 15.4 Å². The zero-order chi connectivity index (χ0) is 15.2. The van der Waals surface area contributed by atoms with Gasteiger partial charge < -0.3 is 15.4 Å². The number of benzene rings is 1. The lowest BCUT2D eigenvalue weighted by atomic mass is 10.2. The summed E-state index contributed by atoms with van der Waals surface area (Å²) in [5, 5.41) is 5.55. The Morgan fingerprint density at radius 3 is 2.76 bits per heavy atom. The van der Waals surface area contributed by atoms with Gasteiger partial charge in [-0.25, -0.2) is 0 Å². The van der Waals surface area contributed by atoms with E-state index in [0.717, 1.165) is 0 Å². The number of carbonyl (C=O) groups is 2. The summed E-state index contributed by atoms with van der Waals surface area (Å²) in [5.74, 6) is -0.0792. The molecule has 2 N–H and O–H groups in total. The Hall–Kier alpha value is -2.30. The molecule has 2 unspecified atom stereocenters. The second-order valence-electron chi connectivity index (χ2n) is 4.90. The van der Waals surface area contributed by atoms with Gasteiger partial charge in [0, 0.05) is 6.54 Å². The Morgan fingerprint density at radius 1 is 1.33 bits per heavy atom. The first-order valence-corrected chi connectivity index (χ1v) is 7.08. The third-order valence-corrected chi connectivity index (χ3v) is 3.33. The van der Waals surface area contributed by atoms with Crippen LogP contribution in [0.25, 0.3) is 0 Å².